The van der Waals surface area contributed by atoms with Crippen LogP contribution in [0.3, 0.4) is 0 Å². The predicted octanol–water partition coefficient (Wildman–Crippen LogP) is 7.38. The predicted molar refractivity (Wildman–Crippen MR) is 290 cm³/mol. The number of carbonyl (C=O) groups is 4. The van der Waals surface area contributed by atoms with E-state index in [2.05, 4.69) is 0 Å². The van der Waals surface area contributed by atoms with Crippen LogP contribution < -0.4 is 18.9 Å². The minimum absolute atomic E-state index is 0.0109. The Morgan fingerprint density at radius 2 is 0.375 bits per heavy atom. The van der Waals surface area contributed by atoms with Gasteiger partial charge in [-0.1, -0.05) is 60.7 Å². The lowest BCUT2D eigenvalue weighted by Gasteiger charge is -2.13. The minimum atomic E-state index is -0.599. The molecule has 6 aromatic rings. The molecule has 0 atom stereocenters. The number of cyclic esters (lactones) is 4. The molecule has 0 unspecified atom stereocenters. The highest BCUT2D eigenvalue weighted by atomic mass is 16.6. The first-order valence-electron chi connectivity index (χ1n) is 26.5. The smallest absolute Gasteiger partial charge is 0.338 e. The monoisotopic (exact) mass is 1110 g/mol. The Kier molecular flexibility index (Phi) is 26.6. The summed E-state index contributed by atoms with van der Waals surface area (Å²) in [6, 6.07) is 35.1. The zero-order valence-corrected chi connectivity index (χ0v) is 44.7. The largest absolute Gasteiger partial charge is 0.491 e. The van der Waals surface area contributed by atoms with Crippen LogP contribution in [0.4, 0.5) is 0 Å². The second-order valence-corrected chi connectivity index (χ2v) is 17.2. The topological polar surface area (TPSA) is 216 Å². The van der Waals surface area contributed by atoms with Crippen LogP contribution in [0.1, 0.15) is 41.4 Å². The molecule has 0 radical (unpaired) electrons. The minimum Gasteiger partial charge on any atom is -0.491 e. The number of hydrogen-bond donors (Lipinski definition) is 0. The third-order valence-electron chi connectivity index (χ3n) is 11.6. The molecule has 7 rings (SSSR count). The van der Waals surface area contributed by atoms with Crippen molar-refractivity contribution in [1.82, 2.24) is 0 Å². The molecule has 1 aliphatic rings. The molecule has 0 saturated carbocycles. The third-order valence-corrected chi connectivity index (χ3v) is 11.6. The average molecular weight is 1110 g/mol. The van der Waals surface area contributed by atoms with Crippen molar-refractivity contribution >= 4 is 45.4 Å². The van der Waals surface area contributed by atoms with Gasteiger partial charge in [0, 0.05) is 21.5 Å². The quantitative estimate of drug-likeness (QED) is 0.107. The maximum absolute atomic E-state index is 12.7. The fraction of sp³-hybridized carbons (Fsp3) is 0.400. The highest BCUT2D eigenvalue weighted by Gasteiger charge is 2.16. The third kappa shape index (κ3) is 20.7. The lowest BCUT2D eigenvalue weighted by atomic mass is 10.1. The van der Waals surface area contributed by atoms with Gasteiger partial charge in [0.25, 0.3) is 0 Å². The van der Waals surface area contributed by atoms with Crippen LogP contribution in [0.5, 0.6) is 23.0 Å². The van der Waals surface area contributed by atoms with Crippen LogP contribution in [-0.2, 0) is 56.8 Å². The number of benzene rings is 6. The second kappa shape index (κ2) is 35.3. The Morgan fingerprint density at radius 1 is 0.200 bits per heavy atom. The summed E-state index contributed by atoms with van der Waals surface area (Å²) >= 11 is 0. The van der Waals surface area contributed by atoms with Crippen LogP contribution in [0.25, 0.3) is 21.5 Å². The van der Waals surface area contributed by atoms with Gasteiger partial charge in [-0.05, 0) is 60.7 Å². The molecule has 20 heteroatoms. The fourth-order valence-electron chi connectivity index (χ4n) is 7.79. The number of esters is 4. The molecule has 0 spiro atoms. The van der Waals surface area contributed by atoms with Crippen molar-refractivity contribution in [3.8, 4) is 23.0 Å². The lowest BCUT2D eigenvalue weighted by Crippen LogP contribution is -2.16. The summed E-state index contributed by atoms with van der Waals surface area (Å²) in [4.78, 5) is 50.8. The van der Waals surface area contributed by atoms with Crippen LogP contribution in [0.2, 0.25) is 0 Å². The summed E-state index contributed by atoms with van der Waals surface area (Å²) < 4.78 is 90.5. The molecule has 20 nitrogen and oxygen atoms in total. The fourth-order valence-corrected chi connectivity index (χ4v) is 7.79. The molecule has 428 valence electrons. The molecule has 0 amide bonds. The molecule has 0 fully saturated rings. The summed E-state index contributed by atoms with van der Waals surface area (Å²) in [6.07, 6.45) is 0. The molecular weight excluding hydrogens is 1040 g/mol. The Balaban J connectivity index is 0.826. The highest BCUT2D eigenvalue weighted by molar-refractivity contribution is 5.97. The first kappa shape index (κ1) is 60.2. The van der Waals surface area contributed by atoms with Crippen molar-refractivity contribution in [1.29, 1.82) is 0 Å². The van der Waals surface area contributed by atoms with Gasteiger partial charge in [-0.2, -0.15) is 0 Å². The Hall–Kier alpha value is -7.40. The zero-order chi connectivity index (χ0) is 55.7. The number of ether oxygens (including phenoxy) is 16. The van der Waals surface area contributed by atoms with Gasteiger partial charge < -0.3 is 75.8 Å². The van der Waals surface area contributed by atoms with E-state index in [0.717, 1.165) is 21.5 Å². The normalized spacial score (nSPS) is 17.8. The number of fused-ring (bicyclic) bond motifs is 4. The average Bonchev–Trinajstić information content (AvgIpc) is 3.48. The van der Waals surface area contributed by atoms with Gasteiger partial charge in [0.1, 0.15) is 75.9 Å². The van der Waals surface area contributed by atoms with E-state index in [1.165, 1.54) is 12.1 Å². The molecule has 0 saturated heterocycles. The summed E-state index contributed by atoms with van der Waals surface area (Å²) in [7, 11) is 0. The van der Waals surface area contributed by atoms with E-state index in [4.69, 9.17) is 75.8 Å². The highest BCUT2D eigenvalue weighted by Crippen LogP contribution is 2.33. The van der Waals surface area contributed by atoms with Gasteiger partial charge in [-0.25, -0.2) is 19.2 Å². The molecule has 0 N–H and O–H groups in total. The number of rotatable bonds is 0. The second-order valence-electron chi connectivity index (χ2n) is 17.2. The summed E-state index contributed by atoms with van der Waals surface area (Å²) in [5, 5.41) is 3.53. The van der Waals surface area contributed by atoms with Gasteiger partial charge in [-0.15, -0.1) is 0 Å². The van der Waals surface area contributed by atoms with Crippen molar-refractivity contribution in [3.05, 3.63) is 144 Å². The molecule has 80 heavy (non-hydrogen) atoms. The van der Waals surface area contributed by atoms with E-state index in [9.17, 15) is 19.2 Å². The maximum atomic E-state index is 12.7. The van der Waals surface area contributed by atoms with E-state index in [1.807, 2.05) is 72.8 Å². The van der Waals surface area contributed by atoms with E-state index in [-0.39, 0.29) is 102 Å². The molecule has 12 bridgehead atoms. The Bertz CT molecular complexity index is 2470. The van der Waals surface area contributed by atoms with Gasteiger partial charge >= 0.3 is 23.9 Å². The summed E-state index contributed by atoms with van der Waals surface area (Å²) in [5.41, 5.74) is 0.814. The molecule has 0 aromatic heterocycles. The number of carbonyl (C=O) groups excluding carboxylic acids is 4. The summed E-state index contributed by atoms with van der Waals surface area (Å²) in [5.74, 6) is 0.339. The molecule has 0 aliphatic carbocycles. The van der Waals surface area contributed by atoms with Gasteiger partial charge in [0.2, 0.25) is 0 Å². The zero-order valence-electron chi connectivity index (χ0n) is 44.7. The van der Waals surface area contributed by atoms with E-state index >= 15 is 0 Å². The molecule has 1 heterocycles. The van der Waals surface area contributed by atoms with E-state index in [1.54, 1.807) is 36.4 Å². The van der Waals surface area contributed by atoms with Crippen molar-refractivity contribution in [2.24, 2.45) is 0 Å². The lowest BCUT2D eigenvalue weighted by molar-refractivity contribution is 0.00990. The molecule has 6 aromatic carbocycles. The van der Waals surface area contributed by atoms with Crippen LogP contribution in [-0.4, -0.2) is 182 Å². The van der Waals surface area contributed by atoms with Gasteiger partial charge in [0.15, 0.2) is 0 Å². The first-order chi connectivity index (χ1) is 39.4. The first-order valence-corrected chi connectivity index (χ1v) is 26.5. The summed E-state index contributed by atoms with van der Waals surface area (Å²) in [6.45, 7) is 5.54. The van der Waals surface area contributed by atoms with Gasteiger partial charge in [0.05, 0.1) is 128 Å². The van der Waals surface area contributed by atoms with Gasteiger partial charge in [-0.3, -0.25) is 0 Å². The van der Waals surface area contributed by atoms with Crippen LogP contribution >= 0.6 is 0 Å². The maximum Gasteiger partial charge on any atom is 0.338 e. The molecule has 1 aliphatic heterocycles. The van der Waals surface area contributed by atoms with Crippen molar-refractivity contribution < 1.29 is 95.0 Å². The SMILES string of the molecule is O=C1OCCOCCOCCOc2cccc3c(cccc23)OCCOCCOCCOC(=O)c2cccc(c2)C(=O)OCCOCCOCCOc2cccc3c(cccc23)OCCOCCOCCOC(=O)c2cccc1c2. The number of hydrogen-bond acceptors (Lipinski definition) is 20. The van der Waals surface area contributed by atoms with Crippen molar-refractivity contribution in [3.63, 3.8) is 0 Å². The van der Waals surface area contributed by atoms with Crippen molar-refractivity contribution in [2.75, 3.05) is 159 Å². The van der Waals surface area contributed by atoms with E-state index < -0.39 is 23.9 Å². The van der Waals surface area contributed by atoms with Crippen molar-refractivity contribution in [2.45, 2.75) is 0 Å². The Morgan fingerprint density at radius 3 is 0.588 bits per heavy atom. The van der Waals surface area contributed by atoms with Crippen LogP contribution in [0, 0.1) is 0 Å². The molecular formula is C60H68O20. The van der Waals surface area contributed by atoms with Crippen LogP contribution in [0.15, 0.2) is 121 Å². The Labute approximate surface area is 464 Å². The van der Waals surface area contributed by atoms with E-state index in [0.29, 0.717) is 102 Å². The standard InChI is InChI=1S/C60H68O20/c61-57-45-7-1-8-46(43-45)58(62)78-40-32-70-24-20-66-28-36-74-54-16-4-14-52-50(54)12-6-18-56(52)76-38-30-68-22-26-72-34-42-80-60(64)48-10-2-9-47(44-48)59(63)79-41-33-71-25-21-67-29-37-75-55-17-5-11-49-51(55)13-3-15-53(49)73-35-27-65-19-23-69-31-39-77-57/h1-18,43-44H,19-42H2.